The van der Waals surface area contributed by atoms with Gasteiger partial charge in [0.2, 0.25) is 0 Å². The SMILES string of the molecule is Cc1nccn1CCC1CCCCN1C(=O)c1cccc2c1CCC2=O. The molecule has 136 valence electrons. The van der Waals surface area contributed by atoms with E-state index in [0.717, 1.165) is 54.9 Å². The molecule has 1 aromatic carbocycles. The Morgan fingerprint density at radius 3 is 2.96 bits per heavy atom. The molecule has 0 radical (unpaired) electrons. The lowest BCUT2D eigenvalue weighted by atomic mass is 9.96. The summed E-state index contributed by atoms with van der Waals surface area (Å²) in [5.74, 6) is 1.28. The summed E-state index contributed by atoms with van der Waals surface area (Å²) in [5, 5.41) is 0. The van der Waals surface area contributed by atoms with Crippen molar-refractivity contribution in [1.82, 2.24) is 14.5 Å². The summed E-state index contributed by atoms with van der Waals surface area (Å²) in [6.45, 7) is 3.70. The van der Waals surface area contributed by atoms with E-state index >= 15 is 0 Å². The number of ketones is 1. The number of aromatic nitrogens is 2. The van der Waals surface area contributed by atoms with Gasteiger partial charge in [-0.1, -0.05) is 12.1 Å². The molecule has 1 aromatic heterocycles. The highest BCUT2D eigenvalue weighted by molar-refractivity contribution is 6.05. The summed E-state index contributed by atoms with van der Waals surface area (Å²) < 4.78 is 2.15. The smallest absolute Gasteiger partial charge is 0.254 e. The van der Waals surface area contributed by atoms with Crippen molar-refractivity contribution in [1.29, 1.82) is 0 Å². The van der Waals surface area contributed by atoms with E-state index in [9.17, 15) is 9.59 Å². The van der Waals surface area contributed by atoms with Gasteiger partial charge in [0, 0.05) is 49.1 Å². The Bertz CT molecular complexity index is 840. The van der Waals surface area contributed by atoms with Gasteiger partial charge >= 0.3 is 0 Å². The maximum absolute atomic E-state index is 13.3. The summed E-state index contributed by atoms with van der Waals surface area (Å²) >= 11 is 0. The zero-order valence-electron chi connectivity index (χ0n) is 15.3. The summed E-state index contributed by atoms with van der Waals surface area (Å²) in [6.07, 6.45) is 9.27. The lowest BCUT2D eigenvalue weighted by molar-refractivity contribution is 0.0594. The number of likely N-dealkylation sites (tertiary alicyclic amines) is 1. The molecule has 2 aliphatic rings. The predicted octanol–water partition coefficient (Wildman–Crippen LogP) is 3.41. The van der Waals surface area contributed by atoms with Crippen LogP contribution < -0.4 is 0 Å². The highest BCUT2D eigenvalue weighted by atomic mass is 16.2. The first kappa shape index (κ1) is 17.0. The fraction of sp³-hybridized carbons (Fsp3) is 0.476. The minimum atomic E-state index is 0.101. The van der Waals surface area contributed by atoms with Crippen LogP contribution in [0, 0.1) is 6.92 Å². The number of Topliss-reactive ketones (excluding diaryl/α,β-unsaturated/α-hetero) is 1. The van der Waals surface area contributed by atoms with Crippen LogP contribution in [-0.2, 0) is 13.0 Å². The fourth-order valence-corrected chi connectivity index (χ4v) is 4.34. The number of hydrogen-bond acceptors (Lipinski definition) is 3. The summed E-state index contributed by atoms with van der Waals surface area (Å²) in [5.41, 5.74) is 2.44. The van der Waals surface area contributed by atoms with Crippen molar-refractivity contribution in [3.05, 3.63) is 53.1 Å². The second-order valence-electron chi connectivity index (χ2n) is 7.36. The van der Waals surface area contributed by atoms with Crippen LogP contribution in [0.5, 0.6) is 0 Å². The number of piperidine rings is 1. The van der Waals surface area contributed by atoms with E-state index in [1.54, 1.807) is 0 Å². The molecule has 1 aliphatic carbocycles. The fourth-order valence-electron chi connectivity index (χ4n) is 4.34. The molecular formula is C21H25N3O2. The van der Waals surface area contributed by atoms with Gasteiger partial charge in [0.05, 0.1) is 0 Å². The molecular weight excluding hydrogens is 326 g/mol. The lowest BCUT2D eigenvalue weighted by Gasteiger charge is -2.36. The number of carbonyl (C=O) groups excluding carboxylic acids is 2. The van der Waals surface area contributed by atoms with Gasteiger partial charge in [-0.25, -0.2) is 4.98 Å². The third kappa shape index (κ3) is 3.06. The Hall–Kier alpha value is -2.43. The molecule has 1 atom stereocenters. The minimum Gasteiger partial charge on any atom is -0.336 e. The van der Waals surface area contributed by atoms with Crippen LogP contribution in [0.25, 0.3) is 0 Å². The van der Waals surface area contributed by atoms with Gasteiger partial charge in [0.25, 0.3) is 5.91 Å². The van der Waals surface area contributed by atoms with E-state index in [2.05, 4.69) is 9.55 Å². The van der Waals surface area contributed by atoms with Crippen LogP contribution in [0.2, 0.25) is 0 Å². The Morgan fingerprint density at radius 2 is 2.15 bits per heavy atom. The summed E-state index contributed by atoms with van der Waals surface area (Å²) in [7, 11) is 0. The molecule has 1 unspecified atom stereocenters. The van der Waals surface area contributed by atoms with Crippen molar-refractivity contribution in [2.24, 2.45) is 0 Å². The molecule has 0 saturated carbocycles. The summed E-state index contributed by atoms with van der Waals surface area (Å²) in [6, 6.07) is 5.86. The number of amides is 1. The van der Waals surface area contributed by atoms with Crippen molar-refractivity contribution in [2.45, 2.75) is 58.0 Å². The topological polar surface area (TPSA) is 55.2 Å². The molecule has 4 rings (SSSR count). The lowest BCUT2D eigenvalue weighted by Crippen LogP contribution is -2.44. The number of nitrogens with zero attached hydrogens (tertiary/aromatic N) is 3. The molecule has 1 fully saturated rings. The van der Waals surface area contributed by atoms with E-state index in [4.69, 9.17) is 0 Å². The van der Waals surface area contributed by atoms with Gasteiger partial charge < -0.3 is 9.47 Å². The average Bonchev–Trinajstić information content (AvgIpc) is 3.25. The van der Waals surface area contributed by atoms with Crippen LogP contribution in [-0.4, -0.2) is 38.7 Å². The van der Waals surface area contributed by atoms with Crippen molar-refractivity contribution in [3.63, 3.8) is 0 Å². The van der Waals surface area contributed by atoms with E-state index in [1.165, 1.54) is 6.42 Å². The van der Waals surface area contributed by atoms with Crippen LogP contribution in [0.3, 0.4) is 0 Å². The number of imidazole rings is 1. The molecule has 5 nitrogen and oxygen atoms in total. The van der Waals surface area contributed by atoms with Crippen LogP contribution in [0.15, 0.2) is 30.6 Å². The Labute approximate surface area is 154 Å². The number of carbonyl (C=O) groups is 2. The number of rotatable bonds is 4. The molecule has 1 saturated heterocycles. The largest absolute Gasteiger partial charge is 0.336 e. The van der Waals surface area contributed by atoms with Gasteiger partial charge in [0.15, 0.2) is 5.78 Å². The van der Waals surface area contributed by atoms with Gasteiger partial charge in [-0.15, -0.1) is 0 Å². The molecule has 0 spiro atoms. The molecule has 0 bridgehead atoms. The third-order valence-electron chi connectivity index (χ3n) is 5.82. The van der Waals surface area contributed by atoms with Crippen LogP contribution in [0.4, 0.5) is 0 Å². The maximum atomic E-state index is 13.3. The second kappa shape index (κ2) is 7.06. The van der Waals surface area contributed by atoms with Gasteiger partial charge in [-0.3, -0.25) is 9.59 Å². The summed E-state index contributed by atoms with van der Waals surface area (Å²) in [4.78, 5) is 31.6. The van der Waals surface area contributed by atoms with E-state index in [0.29, 0.717) is 12.8 Å². The van der Waals surface area contributed by atoms with Crippen molar-refractivity contribution >= 4 is 11.7 Å². The molecule has 26 heavy (non-hydrogen) atoms. The number of hydrogen-bond donors (Lipinski definition) is 0. The molecule has 2 aromatic rings. The quantitative estimate of drug-likeness (QED) is 0.848. The first-order valence-corrected chi connectivity index (χ1v) is 9.59. The highest BCUT2D eigenvalue weighted by Crippen LogP contribution is 2.29. The maximum Gasteiger partial charge on any atom is 0.254 e. The van der Waals surface area contributed by atoms with Gasteiger partial charge in [-0.05, 0) is 50.7 Å². The van der Waals surface area contributed by atoms with E-state index < -0.39 is 0 Å². The Kier molecular flexibility index (Phi) is 4.62. The monoisotopic (exact) mass is 351 g/mol. The number of aryl methyl sites for hydroxylation is 2. The number of fused-ring (bicyclic) bond motifs is 1. The molecule has 5 heteroatoms. The molecule has 2 heterocycles. The molecule has 1 aliphatic heterocycles. The first-order valence-electron chi connectivity index (χ1n) is 9.59. The van der Waals surface area contributed by atoms with E-state index in [1.807, 2.05) is 42.4 Å². The minimum absolute atomic E-state index is 0.101. The van der Waals surface area contributed by atoms with Gasteiger partial charge in [0.1, 0.15) is 5.82 Å². The van der Waals surface area contributed by atoms with Gasteiger partial charge in [-0.2, -0.15) is 0 Å². The normalized spacial score (nSPS) is 19.7. The zero-order valence-corrected chi connectivity index (χ0v) is 15.3. The van der Waals surface area contributed by atoms with Crippen molar-refractivity contribution in [3.8, 4) is 0 Å². The first-order chi connectivity index (χ1) is 12.6. The van der Waals surface area contributed by atoms with Crippen molar-refractivity contribution < 1.29 is 9.59 Å². The van der Waals surface area contributed by atoms with Crippen LogP contribution >= 0.6 is 0 Å². The Morgan fingerprint density at radius 1 is 1.27 bits per heavy atom. The average molecular weight is 351 g/mol. The van der Waals surface area contributed by atoms with E-state index in [-0.39, 0.29) is 17.7 Å². The standard InChI is InChI=1S/C21H25N3O2/c1-15-22-11-14-23(15)13-10-16-5-2-3-12-24(16)21(26)19-7-4-6-18-17(19)8-9-20(18)25/h4,6-7,11,14,16H,2-3,5,8-10,12-13H2,1H3. The third-order valence-corrected chi connectivity index (χ3v) is 5.82. The molecule has 1 amide bonds. The van der Waals surface area contributed by atoms with Crippen LogP contribution in [0.1, 0.15) is 64.2 Å². The highest BCUT2D eigenvalue weighted by Gasteiger charge is 2.31. The van der Waals surface area contributed by atoms with Crippen molar-refractivity contribution in [2.75, 3.05) is 6.54 Å². The Balaban J connectivity index is 1.54. The molecule has 0 N–H and O–H groups in total. The predicted molar refractivity (Wildman–Crippen MR) is 99.4 cm³/mol. The number of benzene rings is 1. The zero-order chi connectivity index (χ0) is 18.1. The second-order valence-corrected chi connectivity index (χ2v) is 7.36.